The van der Waals surface area contributed by atoms with Gasteiger partial charge in [-0.3, -0.25) is 19.2 Å². The van der Waals surface area contributed by atoms with Crippen LogP contribution >= 0.6 is 0 Å². The molecule has 0 spiro atoms. The molecule has 4 amide bonds. The first-order valence-corrected chi connectivity index (χ1v) is 25.5. The summed E-state index contributed by atoms with van der Waals surface area (Å²) in [5, 5.41) is 184. The predicted molar refractivity (Wildman–Crippen MR) is 261 cm³/mol. The van der Waals surface area contributed by atoms with Gasteiger partial charge in [0.2, 0.25) is 23.6 Å². The molecule has 0 aromatic heterocycles. The van der Waals surface area contributed by atoms with Crippen LogP contribution in [0.4, 0.5) is 0 Å². The maximum Gasteiger partial charge on any atom is 0.221 e. The first kappa shape index (κ1) is 69.5. The van der Waals surface area contributed by atoms with Crippen LogP contribution in [0.1, 0.15) is 47.5 Å². The third-order valence-electron chi connectivity index (χ3n) is 13.1. The minimum atomic E-state index is -2.55. The van der Waals surface area contributed by atoms with Gasteiger partial charge in [-0.15, -0.1) is 0 Å². The lowest BCUT2D eigenvalue weighted by Gasteiger charge is -2.45. The summed E-state index contributed by atoms with van der Waals surface area (Å²) in [7, 11) is 1.35. The van der Waals surface area contributed by atoms with E-state index in [1.165, 1.54) is 14.0 Å². The topological polar surface area (TPSA) is 544 Å². The Kier molecular flexibility index (Phi) is 27.7. The number of likely N-dealkylation sites (N-methyl/N-ethyl adjacent to an activating group) is 1. The molecular formula is C46H79N5O30. The molecule has 0 saturated carbocycles. The summed E-state index contributed by atoms with van der Waals surface area (Å²) in [4.78, 5) is 49.9. The van der Waals surface area contributed by atoms with Crippen molar-refractivity contribution in [3.05, 3.63) is 22.9 Å². The van der Waals surface area contributed by atoms with Crippen molar-refractivity contribution >= 4 is 23.6 Å². The van der Waals surface area contributed by atoms with Gasteiger partial charge in [0.25, 0.3) is 0 Å². The third kappa shape index (κ3) is 18.2. The number of rotatable bonds is 28. The third-order valence-corrected chi connectivity index (χ3v) is 13.1. The van der Waals surface area contributed by atoms with Crippen molar-refractivity contribution in [2.75, 3.05) is 46.9 Å². The fraction of sp³-hybridized carbons (Fsp3) is 0.826. The molecule has 4 fully saturated rings. The summed E-state index contributed by atoms with van der Waals surface area (Å²) >= 11 is 0. The van der Waals surface area contributed by atoms with Gasteiger partial charge >= 0.3 is 0 Å². The molecule has 0 bridgehead atoms. The van der Waals surface area contributed by atoms with Crippen molar-refractivity contribution in [2.24, 2.45) is 0 Å². The fourth-order valence-corrected chi connectivity index (χ4v) is 9.06. The van der Waals surface area contributed by atoms with E-state index in [4.69, 9.17) is 47.4 Å². The van der Waals surface area contributed by atoms with Crippen LogP contribution in [-0.4, -0.2) is 300 Å². The van der Waals surface area contributed by atoms with Gasteiger partial charge in [-0.2, -0.15) is 0 Å². The van der Waals surface area contributed by atoms with E-state index in [1.54, 1.807) is 0 Å². The summed E-state index contributed by atoms with van der Waals surface area (Å²) in [5.41, 5.74) is -1.84. The molecule has 0 radical (unpaired) electrons. The van der Waals surface area contributed by atoms with Crippen LogP contribution in [0.2, 0.25) is 0 Å². The first-order valence-electron chi connectivity index (χ1n) is 25.5. The first-order chi connectivity index (χ1) is 38.1. The van der Waals surface area contributed by atoms with Gasteiger partial charge in [0.15, 0.2) is 37.7 Å². The van der Waals surface area contributed by atoms with Gasteiger partial charge in [0.1, 0.15) is 127 Å². The minimum Gasteiger partial charge on any atom is -0.507 e. The molecule has 4 rings (SSSR count). The van der Waals surface area contributed by atoms with Gasteiger partial charge in [-0.05, 0) is 14.0 Å². The highest BCUT2D eigenvalue weighted by Crippen LogP contribution is 2.32. The van der Waals surface area contributed by atoms with E-state index in [-0.39, 0.29) is 0 Å². The van der Waals surface area contributed by atoms with Crippen LogP contribution in [0.5, 0.6) is 0 Å². The molecule has 35 nitrogen and oxygen atoms in total. The zero-order chi connectivity index (χ0) is 60.7. The lowest BCUT2D eigenvalue weighted by atomic mass is 9.96. The highest BCUT2D eigenvalue weighted by molar-refractivity contribution is 5.76. The van der Waals surface area contributed by atoms with Gasteiger partial charge in [0, 0.05) is 53.8 Å². The molecular weight excluding hydrogens is 1100 g/mol. The second-order valence-corrected chi connectivity index (χ2v) is 19.2. The van der Waals surface area contributed by atoms with Crippen LogP contribution < -0.4 is 26.6 Å². The largest absolute Gasteiger partial charge is 0.507 e. The van der Waals surface area contributed by atoms with Crippen molar-refractivity contribution in [1.29, 1.82) is 0 Å². The van der Waals surface area contributed by atoms with Crippen LogP contribution in [0.3, 0.4) is 0 Å². The van der Waals surface area contributed by atoms with Crippen molar-refractivity contribution < 1.29 is 148 Å². The number of carbonyl (C=O) groups excluding carboxylic acids is 4. The Labute approximate surface area is 462 Å². The number of hydrogen-bond donors (Lipinski definition) is 21. The molecule has 4 aliphatic rings. The van der Waals surface area contributed by atoms with Crippen molar-refractivity contribution in [3.8, 4) is 0 Å². The zero-order valence-electron chi connectivity index (χ0n) is 44.9. The van der Waals surface area contributed by atoms with E-state index in [2.05, 4.69) is 26.6 Å². The number of aliphatic hydroxyl groups excluding tert-OH is 16. The molecule has 0 aromatic rings. The summed E-state index contributed by atoms with van der Waals surface area (Å²) in [6.45, 7) is 0.346. The SMILES string of the molecule is CNC1C(OC(CCO)/C(O)=C(/NC(C)=O)C(O)OC2C(CO)OC(OC(CCO)/C(O)=C(/NC(C)=O)C(O)OC3C(COCOC4OC(C)C(O)C(O)C4O)OC(O)C(NC(C)=O)C3O)C(NC(C)=O)C2O)OC(CO)C(O)C1O. The molecule has 24 atom stereocenters. The molecule has 0 aromatic carbocycles. The normalized spacial score (nSPS) is 36.7. The van der Waals surface area contributed by atoms with E-state index >= 15 is 0 Å². The Bertz CT molecular complexity index is 2080. The Morgan fingerprint density at radius 1 is 0.519 bits per heavy atom. The number of carbonyl (C=O) groups is 4. The summed E-state index contributed by atoms with van der Waals surface area (Å²) in [6, 6.07) is -4.74. The van der Waals surface area contributed by atoms with E-state index in [1.807, 2.05) is 0 Å². The lowest BCUT2D eigenvalue weighted by molar-refractivity contribution is -0.318. The van der Waals surface area contributed by atoms with E-state index in [9.17, 15) is 101 Å². The quantitative estimate of drug-likeness (QED) is 0.0196. The molecule has 4 saturated heterocycles. The number of nitrogens with one attached hydrogen (secondary N) is 5. The van der Waals surface area contributed by atoms with Crippen LogP contribution in [0, 0.1) is 0 Å². The van der Waals surface area contributed by atoms with Crippen molar-refractivity contribution in [2.45, 2.75) is 195 Å². The lowest BCUT2D eigenvalue weighted by Crippen LogP contribution is -2.66. The second-order valence-electron chi connectivity index (χ2n) is 19.2. The second kappa shape index (κ2) is 32.3. The van der Waals surface area contributed by atoms with Crippen LogP contribution in [0.25, 0.3) is 0 Å². The predicted octanol–water partition coefficient (Wildman–Crippen LogP) is -10.2. The van der Waals surface area contributed by atoms with Gasteiger partial charge < -0.3 is 156 Å². The summed E-state index contributed by atoms with van der Waals surface area (Å²) in [6.07, 6.45) is -38.9. The van der Waals surface area contributed by atoms with E-state index < -0.39 is 247 Å². The maximum atomic E-state index is 12.7. The van der Waals surface area contributed by atoms with E-state index in [0.29, 0.717) is 0 Å². The fourth-order valence-electron chi connectivity index (χ4n) is 9.06. The molecule has 81 heavy (non-hydrogen) atoms. The molecule has 468 valence electrons. The molecule has 4 aliphatic heterocycles. The van der Waals surface area contributed by atoms with Gasteiger partial charge in [-0.25, -0.2) is 0 Å². The Morgan fingerprint density at radius 2 is 0.988 bits per heavy atom. The van der Waals surface area contributed by atoms with Crippen LogP contribution in [-0.2, 0) is 66.5 Å². The molecule has 21 N–H and O–H groups in total. The van der Waals surface area contributed by atoms with Gasteiger partial charge in [0.05, 0.1) is 32.0 Å². The summed E-state index contributed by atoms with van der Waals surface area (Å²) in [5.74, 6) is -5.79. The average molecular weight is 1180 g/mol. The number of aliphatic hydroxyl groups is 16. The number of amides is 4. The van der Waals surface area contributed by atoms with Crippen molar-refractivity contribution in [3.63, 3.8) is 0 Å². The molecule has 35 heteroatoms. The maximum absolute atomic E-state index is 12.7. The monoisotopic (exact) mass is 1180 g/mol. The zero-order valence-corrected chi connectivity index (χ0v) is 44.9. The minimum absolute atomic E-state index is 0.502. The summed E-state index contributed by atoms with van der Waals surface area (Å²) < 4.78 is 56.4. The molecule has 0 aliphatic carbocycles. The number of ether oxygens (including phenoxy) is 10. The average Bonchev–Trinajstić information content (AvgIpc) is 3.45. The van der Waals surface area contributed by atoms with Crippen LogP contribution in [0.15, 0.2) is 22.9 Å². The highest BCUT2D eigenvalue weighted by Gasteiger charge is 2.52. The Morgan fingerprint density at radius 3 is 1.46 bits per heavy atom. The number of hydrogen-bond acceptors (Lipinski definition) is 31. The molecule has 24 unspecified atom stereocenters. The van der Waals surface area contributed by atoms with Crippen molar-refractivity contribution in [1.82, 2.24) is 26.6 Å². The van der Waals surface area contributed by atoms with Gasteiger partial charge in [-0.1, -0.05) is 0 Å². The Hall–Kier alpha value is -4.04. The van der Waals surface area contributed by atoms with E-state index in [0.717, 1.165) is 27.7 Å². The smallest absolute Gasteiger partial charge is 0.221 e. The molecule has 4 heterocycles. The highest BCUT2D eigenvalue weighted by atomic mass is 16.8. The Balaban J connectivity index is 1.64. The standard InChI is InChI=1S/C46H79N5O30/c1-15-30(60)37(67)38(68)46(74-15)73-14-72-13-24-40(35(65)27(41(69)75-24)50-18(4)58)81-43(71)26(49-17(3)57)32(62)21(8-10-53)77-45-29(51-19(5)59)36(66)39(23(12-55)79-45)80-42(70)25(48-16(2)56)31(61)20(7-9-52)76-44-28(47-6)34(64)33(63)22(11-54)78-44/h15,20-24,27-30,33-47,52-55,60-71H,7-14H2,1-6H3,(H,48,56)(H,49,57)(H,50,58)(H,51,59)/b31-25-,32-26-.